The number of allylic oxidation sites excluding steroid dienone is 3. The Morgan fingerprint density at radius 2 is 1.45 bits per heavy atom. The van der Waals surface area contributed by atoms with Gasteiger partial charge in [0.15, 0.2) is 5.82 Å². The Bertz CT molecular complexity index is 686. The quantitative estimate of drug-likeness (QED) is 0.220. The summed E-state index contributed by atoms with van der Waals surface area (Å²) in [7, 11) is 1.71. The number of Topliss-reactive ketones (excluding diaryl/α,β-unsaturated/α-hetero) is 1. The number of aromatic nitrogens is 2. The molecule has 0 aliphatic rings. The summed E-state index contributed by atoms with van der Waals surface area (Å²) in [6.45, 7) is 26.6. The zero-order valence-corrected chi connectivity index (χ0v) is 18.5. The van der Waals surface area contributed by atoms with Crippen molar-refractivity contribution in [1.29, 1.82) is 0 Å². The van der Waals surface area contributed by atoms with Crippen LogP contribution in [0, 0.1) is 0 Å². The molecule has 0 aromatic carbocycles. The average molecular weight is 401 g/mol. The third kappa shape index (κ3) is 10.7. The zero-order chi connectivity index (χ0) is 22.5. The Kier molecular flexibility index (Phi) is 26.5. The van der Waals surface area contributed by atoms with Gasteiger partial charge in [-0.3, -0.25) is 9.79 Å². The maximum atomic E-state index is 12.6. The van der Waals surface area contributed by atoms with E-state index in [1.54, 1.807) is 19.2 Å². The van der Waals surface area contributed by atoms with E-state index in [1.807, 2.05) is 41.5 Å². The number of hydrogen-bond donors (Lipinski definition) is 1. The Morgan fingerprint density at radius 3 is 1.83 bits per heavy atom. The fourth-order valence-electron chi connectivity index (χ4n) is 1.79. The van der Waals surface area contributed by atoms with Crippen molar-refractivity contribution in [2.75, 3.05) is 12.4 Å². The fraction of sp³-hybridized carbons (Fsp3) is 0.333. The predicted molar refractivity (Wildman–Crippen MR) is 134 cm³/mol. The molecule has 0 amide bonds. The van der Waals surface area contributed by atoms with Gasteiger partial charge in [-0.2, -0.15) is 0 Å². The van der Waals surface area contributed by atoms with Crippen molar-refractivity contribution in [3.8, 4) is 0 Å². The molecule has 5 heteroatoms. The molecule has 0 unspecified atom stereocenters. The van der Waals surface area contributed by atoms with Gasteiger partial charge in [-0.25, -0.2) is 0 Å². The van der Waals surface area contributed by atoms with Crippen molar-refractivity contribution in [3.63, 3.8) is 0 Å². The number of ketones is 1. The molecule has 1 aromatic rings. The highest BCUT2D eigenvalue weighted by Gasteiger charge is 2.19. The molecule has 0 saturated heterocycles. The fourth-order valence-corrected chi connectivity index (χ4v) is 1.79. The minimum atomic E-state index is -0.321. The lowest BCUT2D eigenvalue weighted by molar-refractivity contribution is 0.103. The van der Waals surface area contributed by atoms with Crippen LogP contribution in [0.1, 0.15) is 70.6 Å². The largest absolute Gasteiger partial charge is 0.371 e. The average Bonchev–Trinajstić information content (AvgIpc) is 2.79. The Balaban J connectivity index is -0.000000407. The molecular weight excluding hydrogens is 360 g/mol. The van der Waals surface area contributed by atoms with Crippen LogP contribution >= 0.6 is 0 Å². The molecule has 5 nitrogen and oxygen atoms in total. The molecule has 0 bridgehead atoms. The summed E-state index contributed by atoms with van der Waals surface area (Å²) >= 11 is 0. The molecule has 0 aliphatic carbocycles. The molecule has 0 atom stereocenters. The molecule has 0 fully saturated rings. The van der Waals surface area contributed by atoms with E-state index in [0.717, 1.165) is 0 Å². The highest BCUT2D eigenvalue weighted by molar-refractivity contribution is 6.13. The molecule has 0 saturated carbocycles. The van der Waals surface area contributed by atoms with Crippen molar-refractivity contribution in [1.82, 2.24) is 10.2 Å². The van der Waals surface area contributed by atoms with Crippen LogP contribution in [0.4, 0.5) is 5.82 Å². The molecule has 1 heterocycles. The number of nitrogens with zero attached hydrogens (tertiary/aromatic N) is 3. The van der Waals surface area contributed by atoms with Gasteiger partial charge in [0.25, 0.3) is 0 Å². The molecule has 1 rings (SSSR count). The van der Waals surface area contributed by atoms with Gasteiger partial charge in [0.05, 0.1) is 0 Å². The third-order valence-electron chi connectivity index (χ3n) is 2.84. The lowest BCUT2D eigenvalue weighted by Gasteiger charge is -2.11. The minimum Gasteiger partial charge on any atom is -0.371 e. The summed E-state index contributed by atoms with van der Waals surface area (Å²) < 4.78 is 0. The van der Waals surface area contributed by atoms with Crippen LogP contribution < -0.4 is 5.32 Å². The van der Waals surface area contributed by atoms with Crippen LogP contribution in [0.15, 0.2) is 55.2 Å². The predicted octanol–water partition coefficient (Wildman–Crippen LogP) is 7.03. The van der Waals surface area contributed by atoms with E-state index in [4.69, 9.17) is 0 Å². The van der Waals surface area contributed by atoms with Crippen LogP contribution in [0.5, 0.6) is 0 Å². The lowest BCUT2D eigenvalue weighted by atomic mass is 10.00. The summed E-state index contributed by atoms with van der Waals surface area (Å²) in [4.78, 5) is 16.4. The van der Waals surface area contributed by atoms with Crippen LogP contribution in [0.25, 0.3) is 12.2 Å². The van der Waals surface area contributed by atoms with Crippen LogP contribution in [0.3, 0.4) is 0 Å². The summed E-state index contributed by atoms with van der Waals surface area (Å²) in [5.41, 5.74) is 1.75. The van der Waals surface area contributed by atoms with Gasteiger partial charge in [0.1, 0.15) is 5.69 Å². The molecule has 29 heavy (non-hydrogen) atoms. The van der Waals surface area contributed by atoms with Crippen LogP contribution in [0.2, 0.25) is 0 Å². The number of anilines is 1. The monoisotopic (exact) mass is 400 g/mol. The highest BCUT2D eigenvalue weighted by atomic mass is 16.1. The maximum absolute atomic E-state index is 12.6. The van der Waals surface area contributed by atoms with Gasteiger partial charge < -0.3 is 5.32 Å². The second kappa shape index (κ2) is 23.0. The lowest BCUT2D eigenvalue weighted by Crippen LogP contribution is -2.12. The number of nitrogens with one attached hydrogen (secondary N) is 1. The normalized spacial score (nSPS) is 9.00. The van der Waals surface area contributed by atoms with Crippen LogP contribution in [-0.2, 0) is 0 Å². The van der Waals surface area contributed by atoms with E-state index in [2.05, 4.69) is 46.8 Å². The third-order valence-corrected chi connectivity index (χ3v) is 2.84. The molecular formula is C24H40N4O. The second-order valence-electron chi connectivity index (χ2n) is 4.02. The Hall–Kier alpha value is -3.08. The van der Waals surface area contributed by atoms with Gasteiger partial charge in [-0.15, -0.1) is 10.2 Å². The standard InChI is InChI=1S/C17H18N4O.3C2H6.CH4/c1-6-12(10-11-19-9-4)16(22)15-13(7-2)14(8-3)17(18-5)21-20-15;3*1-2;/h6-11H,1-4H2,5H3,(H,18,21);3*1-2H3;1H4/b12-10+,19-11?;;;;. The van der Waals surface area contributed by atoms with Gasteiger partial charge in [0, 0.05) is 36.2 Å². The Morgan fingerprint density at radius 1 is 0.931 bits per heavy atom. The molecule has 162 valence electrons. The summed E-state index contributed by atoms with van der Waals surface area (Å²) in [5, 5.41) is 10.9. The van der Waals surface area contributed by atoms with Crippen molar-refractivity contribution in [2.45, 2.75) is 49.0 Å². The minimum absolute atomic E-state index is 0. The Labute approximate surface area is 178 Å². The summed E-state index contributed by atoms with van der Waals surface area (Å²) in [5.74, 6) is 0.206. The van der Waals surface area contributed by atoms with E-state index in [9.17, 15) is 4.79 Å². The molecule has 0 radical (unpaired) electrons. The number of carbonyl (C=O) groups excluding carboxylic acids is 1. The highest BCUT2D eigenvalue weighted by Crippen LogP contribution is 2.23. The number of hydrogen-bond acceptors (Lipinski definition) is 5. The smallest absolute Gasteiger partial charge is 0.213 e. The first-order valence-electron chi connectivity index (χ1n) is 9.49. The first kappa shape index (κ1) is 33.5. The second-order valence-corrected chi connectivity index (χ2v) is 4.02. The number of aliphatic imine (C=N–C) groups is 1. The number of carbonyl (C=O) groups is 1. The topological polar surface area (TPSA) is 67.2 Å². The van der Waals surface area contributed by atoms with E-state index >= 15 is 0 Å². The first-order chi connectivity index (χ1) is 13.6. The van der Waals surface area contributed by atoms with Gasteiger partial charge >= 0.3 is 0 Å². The summed E-state index contributed by atoms with van der Waals surface area (Å²) in [6.07, 6.45) is 8.95. The van der Waals surface area contributed by atoms with E-state index in [-0.39, 0.29) is 18.9 Å². The zero-order valence-electron chi connectivity index (χ0n) is 18.5. The van der Waals surface area contributed by atoms with Crippen molar-refractivity contribution < 1.29 is 4.79 Å². The van der Waals surface area contributed by atoms with Gasteiger partial charge in [0.2, 0.25) is 5.78 Å². The van der Waals surface area contributed by atoms with E-state index in [0.29, 0.717) is 22.5 Å². The molecule has 1 aromatic heterocycles. The van der Waals surface area contributed by atoms with Crippen LogP contribution in [-0.4, -0.2) is 29.2 Å². The number of rotatable bonds is 8. The maximum Gasteiger partial charge on any atom is 0.213 e. The molecule has 0 aliphatic heterocycles. The summed E-state index contributed by atoms with van der Waals surface area (Å²) in [6, 6.07) is 0. The van der Waals surface area contributed by atoms with Crippen molar-refractivity contribution in [3.05, 3.63) is 67.1 Å². The van der Waals surface area contributed by atoms with E-state index < -0.39 is 0 Å². The molecule has 0 spiro atoms. The van der Waals surface area contributed by atoms with Crippen molar-refractivity contribution >= 4 is 30.0 Å². The SMILES string of the molecule is C.C=CN=C/C=C(\C=C)C(=O)c1nnc(NC)c(C=C)c1C=C.CC.CC.CC. The van der Waals surface area contributed by atoms with Gasteiger partial charge in [-0.1, -0.05) is 93.5 Å². The van der Waals surface area contributed by atoms with E-state index in [1.165, 1.54) is 24.6 Å². The van der Waals surface area contributed by atoms with Crippen molar-refractivity contribution in [2.24, 2.45) is 4.99 Å². The van der Waals surface area contributed by atoms with Gasteiger partial charge in [-0.05, 0) is 6.08 Å². The molecule has 1 N–H and O–H groups in total. The first-order valence-corrected chi connectivity index (χ1v) is 9.49.